The zero-order chi connectivity index (χ0) is 24.8. The van der Waals surface area contributed by atoms with Gasteiger partial charge in [0.05, 0.1) is 17.3 Å². The molecule has 2 N–H and O–H groups in total. The Morgan fingerprint density at radius 3 is 2.58 bits per heavy atom. The Kier molecular flexibility index (Phi) is 8.55. The first-order valence-corrected chi connectivity index (χ1v) is 12.7. The van der Waals surface area contributed by atoms with Gasteiger partial charge in [-0.15, -0.1) is 0 Å². The molecule has 1 heterocycles. The first kappa shape index (κ1) is 26.3. The molecule has 0 aliphatic carbocycles. The van der Waals surface area contributed by atoms with Gasteiger partial charge in [0.2, 0.25) is 5.91 Å². The van der Waals surface area contributed by atoms with Crippen molar-refractivity contribution in [1.82, 2.24) is 20.4 Å². The van der Waals surface area contributed by atoms with Gasteiger partial charge in [0.1, 0.15) is 21.7 Å². The van der Waals surface area contributed by atoms with Gasteiger partial charge in [-0.3, -0.25) is 14.3 Å². The van der Waals surface area contributed by atoms with Crippen molar-refractivity contribution in [3.05, 3.63) is 29.7 Å². The number of amides is 2. The Morgan fingerprint density at radius 2 is 1.97 bits per heavy atom. The van der Waals surface area contributed by atoms with Crippen LogP contribution in [0.5, 0.6) is 0 Å². The van der Waals surface area contributed by atoms with Crippen LogP contribution in [0.15, 0.2) is 18.2 Å². The monoisotopic (exact) mass is 479 g/mol. The number of sulfone groups is 1. The van der Waals surface area contributed by atoms with Gasteiger partial charge in [-0.2, -0.15) is 10.4 Å². The summed E-state index contributed by atoms with van der Waals surface area (Å²) in [6, 6.07) is 5.11. The average Bonchev–Trinajstić information content (AvgIpc) is 3.05. The van der Waals surface area contributed by atoms with Gasteiger partial charge in [0, 0.05) is 31.2 Å². The molecule has 11 heteroatoms. The summed E-state index contributed by atoms with van der Waals surface area (Å²) in [7, 11) is -3.25. The van der Waals surface area contributed by atoms with Crippen LogP contribution < -0.4 is 10.6 Å². The van der Waals surface area contributed by atoms with Crippen LogP contribution in [-0.2, 0) is 21.2 Å². The first-order chi connectivity index (χ1) is 15.3. The standard InChI is InChI=1S/C22H30FN5O4S/c1-22(2,3)19(21(30)25-11-13-33(4,31)32)26-20(29)18-16-9-8-15(23)14-17(16)28(27-18)12-7-5-6-10-24/h8-9,14,19H,5-7,11-13H2,1-4H3,(H,25,30)(H,26,29)/t19-/m1/s1. The van der Waals surface area contributed by atoms with Crippen LogP contribution in [0, 0.1) is 22.6 Å². The number of rotatable bonds is 10. The van der Waals surface area contributed by atoms with E-state index in [-0.39, 0.29) is 18.0 Å². The lowest BCUT2D eigenvalue weighted by Crippen LogP contribution is -2.54. The van der Waals surface area contributed by atoms with Crippen LogP contribution in [0.1, 0.15) is 50.5 Å². The van der Waals surface area contributed by atoms with Crippen molar-refractivity contribution in [3.63, 3.8) is 0 Å². The van der Waals surface area contributed by atoms with Crippen molar-refractivity contribution in [1.29, 1.82) is 5.26 Å². The van der Waals surface area contributed by atoms with Crippen LogP contribution in [0.3, 0.4) is 0 Å². The summed E-state index contributed by atoms with van der Waals surface area (Å²) in [6.45, 7) is 5.66. The smallest absolute Gasteiger partial charge is 0.273 e. The van der Waals surface area contributed by atoms with Gasteiger partial charge in [-0.25, -0.2) is 12.8 Å². The number of unbranched alkanes of at least 4 members (excludes halogenated alkanes) is 2. The third kappa shape index (κ3) is 7.53. The Morgan fingerprint density at radius 1 is 1.27 bits per heavy atom. The number of hydrogen-bond donors (Lipinski definition) is 2. The molecule has 2 rings (SSSR count). The SMILES string of the molecule is CC(C)(C)[C@H](NC(=O)c1nn(CCCCC#N)c2cc(F)ccc12)C(=O)NCCS(C)(=O)=O. The Balaban J connectivity index is 2.27. The molecule has 9 nitrogen and oxygen atoms in total. The van der Waals surface area contributed by atoms with Gasteiger partial charge in [-0.05, 0) is 36.5 Å². The van der Waals surface area contributed by atoms with Crippen molar-refractivity contribution < 1.29 is 22.4 Å². The summed E-state index contributed by atoms with van der Waals surface area (Å²) in [5.41, 5.74) is -0.169. The predicted octanol–water partition coefficient (Wildman–Crippen LogP) is 2.17. The Labute approximate surface area is 193 Å². The van der Waals surface area contributed by atoms with Gasteiger partial charge >= 0.3 is 0 Å². The quantitative estimate of drug-likeness (QED) is 0.502. The topological polar surface area (TPSA) is 134 Å². The second kappa shape index (κ2) is 10.7. The Bertz CT molecular complexity index is 1160. The molecule has 0 saturated heterocycles. The second-order valence-corrected chi connectivity index (χ2v) is 11.3. The summed E-state index contributed by atoms with van der Waals surface area (Å²) in [4.78, 5) is 25.9. The van der Waals surface area contributed by atoms with E-state index in [1.807, 2.05) is 0 Å². The number of aryl methyl sites for hydroxylation is 1. The van der Waals surface area contributed by atoms with Gasteiger partial charge < -0.3 is 10.6 Å². The number of carbonyl (C=O) groups is 2. The zero-order valence-electron chi connectivity index (χ0n) is 19.3. The van der Waals surface area contributed by atoms with E-state index in [4.69, 9.17) is 5.26 Å². The summed E-state index contributed by atoms with van der Waals surface area (Å²) in [5.74, 6) is -1.78. The molecular weight excluding hydrogens is 449 g/mol. The predicted molar refractivity (Wildman–Crippen MR) is 123 cm³/mol. The molecule has 0 aliphatic rings. The lowest BCUT2D eigenvalue weighted by Gasteiger charge is -2.30. The number of aromatic nitrogens is 2. The molecule has 2 aromatic rings. The van der Waals surface area contributed by atoms with E-state index in [1.165, 1.54) is 22.9 Å². The largest absolute Gasteiger partial charge is 0.353 e. The van der Waals surface area contributed by atoms with Gasteiger partial charge in [-0.1, -0.05) is 20.8 Å². The van der Waals surface area contributed by atoms with Crippen LogP contribution >= 0.6 is 0 Å². The van der Waals surface area contributed by atoms with E-state index >= 15 is 0 Å². The van der Waals surface area contributed by atoms with E-state index in [0.717, 1.165) is 6.26 Å². The van der Waals surface area contributed by atoms with Crippen LogP contribution in [0.2, 0.25) is 0 Å². The fourth-order valence-corrected chi connectivity index (χ4v) is 3.76. The van der Waals surface area contributed by atoms with E-state index in [2.05, 4.69) is 21.8 Å². The lowest BCUT2D eigenvalue weighted by atomic mass is 9.86. The lowest BCUT2D eigenvalue weighted by molar-refractivity contribution is -0.125. The van der Waals surface area contributed by atoms with Gasteiger partial charge in [0.25, 0.3) is 5.91 Å². The molecule has 33 heavy (non-hydrogen) atoms. The van der Waals surface area contributed by atoms with Crippen molar-refractivity contribution in [2.24, 2.45) is 5.41 Å². The molecule has 0 fully saturated rings. The third-order valence-corrected chi connectivity index (χ3v) is 5.96. The van der Waals surface area contributed by atoms with Gasteiger partial charge in [0.15, 0.2) is 5.69 Å². The molecule has 0 spiro atoms. The molecule has 1 aromatic carbocycles. The minimum atomic E-state index is -3.25. The maximum atomic E-state index is 13.9. The number of nitrogens with one attached hydrogen (secondary N) is 2. The highest BCUT2D eigenvalue weighted by molar-refractivity contribution is 7.90. The highest BCUT2D eigenvalue weighted by Gasteiger charge is 2.34. The molecule has 0 saturated carbocycles. The highest BCUT2D eigenvalue weighted by atomic mass is 32.2. The maximum absolute atomic E-state index is 13.9. The van der Waals surface area contributed by atoms with E-state index in [9.17, 15) is 22.4 Å². The second-order valence-electron chi connectivity index (χ2n) is 9.04. The summed E-state index contributed by atoms with van der Waals surface area (Å²) in [5, 5.41) is 18.8. The molecule has 2 amide bonds. The summed E-state index contributed by atoms with van der Waals surface area (Å²) < 4.78 is 38.1. The van der Waals surface area contributed by atoms with Crippen LogP contribution in [0.25, 0.3) is 10.9 Å². The van der Waals surface area contributed by atoms with Crippen molar-refractivity contribution >= 4 is 32.6 Å². The normalized spacial score (nSPS) is 12.8. The van der Waals surface area contributed by atoms with Crippen molar-refractivity contribution in [3.8, 4) is 6.07 Å². The molecule has 1 aromatic heterocycles. The summed E-state index contributed by atoms with van der Waals surface area (Å²) >= 11 is 0. The molecule has 180 valence electrons. The molecular formula is C22H30FN5O4S. The number of hydrogen-bond acceptors (Lipinski definition) is 6. The average molecular weight is 480 g/mol. The first-order valence-electron chi connectivity index (χ1n) is 10.6. The van der Waals surface area contributed by atoms with E-state index in [0.29, 0.717) is 36.7 Å². The van der Waals surface area contributed by atoms with Crippen molar-refractivity contribution in [2.75, 3.05) is 18.6 Å². The molecule has 0 aliphatic heterocycles. The van der Waals surface area contributed by atoms with E-state index in [1.54, 1.807) is 20.8 Å². The zero-order valence-corrected chi connectivity index (χ0v) is 20.1. The van der Waals surface area contributed by atoms with Crippen molar-refractivity contribution in [2.45, 2.75) is 52.6 Å². The number of nitriles is 1. The molecule has 0 radical (unpaired) electrons. The number of nitrogens with zero attached hydrogens (tertiary/aromatic N) is 3. The maximum Gasteiger partial charge on any atom is 0.273 e. The number of carbonyl (C=O) groups excluding carboxylic acids is 2. The minimum Gasteiger partial charge on any atom is -0.353 e. The number of halogens is 1. The highest BCUT2D eigenvalue weighted by Crippen LogP contribution is 2.23. The molecule has 0 bridgehead atoms. The fourth-order valence-electron chi connectivity index (χ4n) is 3.29. The molecule has 1 atom stereocenters. The molecule has 0 unspecified atom stereocenters. The number of benzene rings is 1. The van der Waals surface area contributed by atoms with Crippen LogP contribution in [0.4, 0.5) is 4.39 Å². The fraction of sp³-hybridized carbons (Fsp3) is 0.545. The number of fused-ring (bicyclic) bond motifs is 1. The Hall–Kier alpha value is -3.00. The summed E-state index contributed by atoms with van der Waals surface area (Å²) in [6.07, 6.45) is 2.75. The van der Waals surface area contributed by atoms with Crippen LogP contribution in [-0.4, -0.2) is 54.6 Å². The third-order valence-electron chi connectivity index (χ3n) is 5.01. The minimum absolute atomic E-state index is 0.0588. The van der Waals surface area contributed by atoms with E-state index < -0.39 is 38.9 Å².